The molecule has 1 nitrogen and oxygen atoms in total. The predicted molar refractivity (Wildman–Crippen MR) is 47.9 cm³/mol. The van der Waals surface area contributed by atoms with Crippen LogP contribution in [0.25, 0.3) is 0 Å². The summed E-state index contributed by atoms with van der Waals surface area (Å²) in [6, 6.07) is 2.72. The summed E-state index contributed by atoms with van der Waals surface area (Å²) >= 11 is 0. The van der Waals surface area contributed by atoms with Gasteiger partial charge in [0.2, 0.25) is 0 Å². The first-order chi connectivity index (χ1) is 8.04. The van der Waals surface area contributed by atoms with E-state index in [1.54, 1.807) is 0 Å². The molecule has 0 aliphatic heterocycles. The number of benzene rings is 1. The van der Waals surface area contributed by atoms with Crippen LogP contribution in [0.15, 0.2) is 24.3 Å². The van der Waals surface area contributed by atoms with Crippen LogP contribution >= 0.6 is 0 Å². The van der Waals surface area contributed by atoms with E-state index in [0.717, 1.165) is 19.2 Å². The summed E-state index contributed by atoms with van der Waals surface area (Å²) in [6.07, 6.45) is -12.2. The molecule has 0 bridgehead atoms. The molecule has 8 heteroatoms. The number of hydrogen-bond donors (Lipinski definition) is 0. The fourth-order valence-electron chi connectivity index (χ4n) is 1.33. The molecule has 102 valence electrons. The summed E-state index contributed by atoms with van der Waals surface area (Å²) in [5.41, 5.74) is -6.99. The Morgan fingerprint density at radius 3 is 1.78 bits per heavy atom. The van der Waals surface area contributed by atoms with Gasteiger partial charge in [0.15, 0.2) is 0 Å². The topological polar surface area (TPSA) is 9.23 Å². The zero-order valence-corrected chi connectivity index (χ0v) is 8.86. The van der Waals surface area contributed by atoms with Gasteiger partial charge in [-0.25, -0.2) is 4.39 Å². The van der Waals surface area contributed by atoms with Gasteiger partial charge in [-0.05, 0) is 12.1 Å². The molecule has 0 amide bonds. The molecular weight excluding hydrogens is 269 g/mol. The summed E-state index contributed by atoms with van der Waals surface area (Å²) < 4.78 is 92.3. The van der Waals surface area contributed by atoms with Crippen molar-refractivity contribution in [2.24, 2.45) is 0 Å². The highest BCUT2D eigenvalue weighted by Gasteiger charge is 2.73. The van der Waals surface area contributed by atoms with Gasteiger partial charge in [-0.1, -0.05) is 12.1 Å². The van der Waals surface area contributed by atoms with Crippen molar-refractivity contribution >= 4 is 0 Å². The van der Waals surface area contributed by atoms with E-state index in [-0.39, 0.29) is 5.75 Å². The van der Waals surface area contributed by atoms with Crippen LogP contribution in [0.2, 0.25) is 0 Å². The number of alkyl halides is 7. The van der Waals surface area contributed by atoms with Gasteiger partial charge >= 0.3 is 18.0 Å². The number of halogens is 7. The van der Waals surface area contributed by atoms with Gasteiger partial charge in [0, 0.05) is 5.56 Å². The Hall–Kier alpha value is -1.47. The lowest BCUT2D eigenvalue weighted by atomic mass is 9.94. The molecule has 0 fully saturated rings. The minimum absolute atomic E-state index is 0.303. The summed E-state index contributed by atoms with van der Waals surface area (Å²) in [4.78, 5) is 0. The largest absolute Gasteiger partial charge is 0.497 e. The number of ether oxygens (including phenoxy) is 1. The molecule has 0 atom stereocenters. The molecule has 0 saturated carbocycles. The second-order valence-corrected chi connectivity index (χ2v) is 3.39. The van der Waals surface area contributed by atoms with E-state index in [1.807, 2.05) is 0 Å². The van der Waals surface area contributed by atoms with Gasteiger partial charge in [-0.15, -0.1) is 0 Å². The van der Waals surface area contributed by atoms with Crippen LogP contribution in [0.4, 0.5) is 30.7 Å². The van der Waals surface area contributed by atoms with Gasteiger partial charge < -0.3 is 4.74 Å². The zero-order chi connectivity index (χ0) is 14.2. The maximum absolute atomic E-state index is 13.5. The van der Waals surface area contributed by atoms with E-state index >= 15 is 0 Å². The van der Waals surface area contributed by atoms with Crippen LogP contribution in [0.1, 0.15) is 5.56 Å². The fourth-order valence-corrected chi connectivity index (χ4v) is 1.33. The lowest BCUT2D eigenvalue weighted by Crippen LogP contribution is -2.50. The molecule has 0 radical (unpaired) electrons. The van der Waals surface area contributed by atoms with Gasteiger partial charge in [0.05, 0.1) is 7.11 Å². The van der Waals surface area contributed by atoms with Crippen molar-refractivity contribution in [3.05, 3.63) is 29.8 Å². The first-order valence-corrected chi connectivity index (χ1v) is 4.51. The van der Waals surface area contributed by atoms with Crippen LogP contribution in [0, 0.1) is 0 Å². The third-order valence-corrected chi connectivity index (χ3v) is 2.25. The molecule has 1 rings (SSSR count). The third-order valence-electron chi connectivity index (χ3n) is 2.25. The predicted octanol–water partition coefficient (Wildman–Crippen LogP) is 3.98. The molecule has 1 aromatic rings. The molecule has 0 unspecified atom stereocenters. The summed E-state index contributed by atoms with van der Waals surface area (Å²) in [5.74, 6) is -0.303. The fraction of sp³-hybridized carbons (Fsp3) is 0.400. The van der Waals surface area contributed by atoms with Crippen molar-refractivity contribution in [1.82, 2.24) is 0 Å². The van der Waals surface area contributed by atoms with Gasteiger partial charge in [0.1, 0.15) is 5.75 Å². The quantitative estimate of drug-likeness (QED) is 0.742. The van der Waals surface area contributed by atoms with E-state index in [9.17, 15) is 30.7 Å². The Balaban J connectivity index is 3.45. The maximum atomic E-state index is 13.5. The van der Waals surface area contributed by atoms with Gasteiger partial charge in [-0.2, -0.15) is 26.3 Å². The summed E-state index contributed by atoms with van der Waals surface area (Å²) in [6.45, 7) is 0. The number of hydrogen-bond acceptors (Lipinski definition) is 1. The average Bonchev–Trinajstić information content (AvgIpc) is 2.25. The molecule has 0 saturated heterocycles. The standard InChI is InChI=1S/C10H7F7O/c1-18-7-4-2-3-6(5-7)8(11,9(12,13)14)10(15,16)17/h2-5H,1H3. The number of methoxy groups -OCH3 is 1. The first kappa shape index (κ1) is 14.6. The highest BCUT2D eigenvalue weighted by atomic mass is 19.4. The highest BCUT2D eigenvalue weighted by molar-refractivity contribution is 5.34. The molecule has 0 N–H and O–H groups in total. The van der Waals surface area contributed by atoms with Crippen molar-refractivity contribution in [2.75, 3.05) is 7.11 Å². The van der Waals surface area contributed by atoms with E-state index in [0.29, 0.717) is 12.1 Å². The Morgan fingerprint density at radius 2 is 1.39 bits per heavy atom. The Kier molecular flexibility index (Phi) is 3.51. The Bertz CT molecular complexity index is 407. The van der Waals surface area contributed by atoms with E-state index in [1.165, 1.54) is 0 Å². The minimum atomic E-state index is -6.11. The second-order valence-electron chi connectivity index (χ2n) is 3.39. The van der Waals surface area contributed by atoms with Crippen molar-refractivity contribution in [3.63, 3.8) is 0 Å². The lowest BCUT2D eigenvalue weighted by molar-refractivity contribution is -0.348. The molecule has 1 aromatic carbocycles. The van der Waals surface area contributed by atoms with Crippen LogP contribution in [0.5, 0.6) is 5.75 Å². The monoisotopic (exact) mass is 276 g/mol. The van der Waals surface area contributed by atoms with Crippen molar-refractivity contribution in [2.45, 2.75) is 18.0 Å². The second kappa shape index (κ2) is 4.33. The van der Waals surface area contributed by atoms with Crippen molar-refractivity contribution < 1.29 is 35.5 Å². The molecular formula is C10H7F7O. The molecule has 0 heterocycles. The average molecular weight is 276 g/mol. The third kappa shape index (κ3) is 2.23. The van der Waals surface area contributed by atoms with E-state index in [4.69, 9.17) is 0 Å². The van der Waals surface area contributed by atoms with Gasteiger partial charge in [0.25, 0.3) is 0 Å². The Labute approximate surface area is 97.2 Å². The van der Waals surface area contributed by atoms with Crippen molar-refractivity contribution in [1.29, 1.82) is 0 Å². The molecule has 18 heavy (non-hydrogen) atoms. The van der Waals surface area contributed by atoms with E-state index < -0.39 is 23.6 Å². The SMILES string of the molecule is COc1cccc(C(F)(C(F)(F)F)C(F)(F)F)c1. The normalized spacial score (nSPS) is 13.6. The molecule has 0 aliphatic carbocycles. The van der Waals surface area contributed by atoms with Gasteiger partial charge in [-0.3, -0.25) is 0 Å². The van der Waals surface area contributed by atoms with Crippen LogP contribution in [-0.2, 0) is 5.67 Å². The maximum Gasteiger partial charge on any atom is 0.435 e. The molecule has 0 aliphatic rings. The summed E-state index contributed by atoms with van der Waals surface area (Å²) in [7, 11) is 1.04. The van der Waals surface area contributed by atoms with Crippen LogP contribution in [-0.4, -0.2) is 19.5 Å². The Morgan fingerprint density at radius 1 is 0.889 bits per heavy atom. The smallest absolute Gasteiger partial charge is 0.435 e. The minimum Gasteiger partial charge on any atom is -0.497 e. The number of rotatable bonds is 2. The van der Waals surface area contributed by atoms with E-state index in [2.05, 4.69) is 4.74 Å². The lowest BCUT2D eigenvalue weighted by Gasteiger charge is -2.30. The van der Waals surface area contributed by atoms with Crippen molar-refractivity contribution in [3.8, 4) is 5.75 Å². The first-order valence-electron chi connectivity index (χ1n) is 4.51. The highest BCUT2D eigenvalue weighted by Crippen LogP contribution is 2.53. The van der Waals surface area contributed by atoms with Crippen LogP contribution < -0.4 is 4.74 Å². The zero-order valence-electron chi connectivity index (χ0n) is 8.86. The molecule has 0 spiro atoms. The summed E-state index contributed by atoms with van der Waals surface area (Å²) in [5, 5.41) is 0. The molecule has 0 aromatic heterocycles. The van der Waals surface area contributed by atoms with Crippen LogP contribution in [0.3, 0.4) is 0 Å².